The van der Waals surface area contributed by atoms with Crippen molar-refractivity contribution in [3.63, 3.8) is 0 Å². The zero-order valence-electron chi connectivity index (χ0n) is 10.9. The molecule has 2 unspecified atom stereocenters. The van der Waals surface area contributed by atoms with Crippen LogP contribution in [0.5, 0.6) is 0 Å². The number of rotatable bonds is 2. The van der Waals surface area contributed by atoms with E-state index in [2.05, 4.69) is 42.8 Å². The van der Waals surface area contributed by atoms with Crippen LogP contribution in [0, 0.1) is 9.49 Å². The number of hydrogen-bond donors (Lipinski definition) is 2. The van der Waals surface area contributed by atoms with Crippen molar-refractivity contribution in [1.82, 2.24) is 15.3 Å². The summed E-state index contributed by atoms with van der Waals surface area (Å²) in [6.45, 7) is 3.18. The van der Waals surface area contributed by atoms with E-state index < -0.39 is 0 Å². The van der Waals surface area contributed by atoms with Crippen LogP contribution in [0.15, 0.2) is 11.1 Å². The van der Waals surface area contributed by atoms with E-state index in [0.717, 1.165) is 25.5 Å². The molecule has 2 aliphatic heterocycles. The van der Waals surface area contributed by atoms with Crippen LogP contribution in [0.25, 0.3) is 0 Å². The molecule has 0 saturated carbocycles. The molecule has 0 aromatic carbocycles. The maximum absolute atomic E-state index is 11.7. The average molecular weight is 374 g/mol. The Bertz CT molecular complexity index is 498. The molecule has 3 rings (SSSR count). The predicted molar refractivity (Wildman–Crippen MR) is 83.5 cm³/mol. The summed E-state index contributed by atoms with van der Waals surface area (Å²) in [6, 6.07) is 0.655. The summed E-state index contributed by atoms with van der Waals surface area (Å²) in [4.78, 5) is 21.0. The SMILES string of the molecule is O=c1[nH]cnc(N2CCCC(C3CCCN3)C2)c1I. The minimum absolute atomic E-state index is 0.0354. The molecule has 3 heterocycles. The molecule has 2 atom stereocenters. The number of aromatic nitrogens is 2. The molecule has 2 fully saturated rings. The van der Waals surface area contributed by atoms with Crippen LogP contribution < -0.4 is 15.8 Å². The van der Waals surface area contributed by atoms with Gasteiger partial charge >= 0.3 is 0 Å². The monoisotopic (exact) mass is 374 g/mol. The Kier molecular flexibility index (Phi) is 4.07. The van der Waals surface area contributed by atoms with Gasteiger partial charge in [0.15, 0.2) is 0 Å². The Labute approximate surface area is 126 Å². The molecule has 1 aromatic rings. The summed E-state index contributed by atoms with van der Waals surface area (Å²) in [5, 5.41) is 3.61. The first-order valence-electron chi connectivity index (χ1n) is 6.97. The lowest BCUT2D eigenvalue weighted by molar-refractivity contribution is 0.327. The highest BCUT2D eigenvalue weighted by atomic mass is 127. The largest absolute Gasteiger partial charge is 0.355 e. The Morgan fingerprint density at radius 1 is 1.37 bits per heavy atom. The van der Waals surface area contributed by atoms with Gasteiger partial charge in [-0.05, 0) is 60.7 Å². The Balaban J connectivity index is 1.77. The van der Waals surface area contributed by atoms with Crippen molar-refractivity contribution in [1.29, 1.82) is 0 Å². The summed E-state index contributed by atoms with van der Waals surface area (Å²) >= 11 is 2.10. The standard InChI is InChI=1S/C13H19IN4O/c14-11-12(16-8-17-13(11)19)18-6-2-3-9(7-18)10-4-1-5-15-10/h8-10,15H,1-7H2,(H,16,17,19). The van der Waals surface area contributed by atoms with Crippen LogP contribution in [0.3, 0.4) is 0 Å². The Hall–Kier alpha value is -0.630. The van der Waals surface area contributed by atoms with E-state index in [1.165, 1.54) is 32.0 Å². The number of nitrogens with one attached hydrogen (secondary N) is 2. The van der Waals surface area contributed by atoms with E-state index in [1.807, 2.05) is 0 Å². The van der Waals surface area contributed by atoms with Crippen molar-refractivity contribution in [3.8, 4) is 0 Å². The third-order valence-electron chi connectivity index (χ3n) is 4.20. The molecule has 0 spiro atoms. The number of piperidine rings is 1. The van der Waals surface area contributed by atoms with Gasteiger partial charge in [0.05, 0.1) is 6.33 Å². The molecular weight excluding hydrogens is 355 g/mol. The zero-order valence-corrected chi connectivity index (χ0v) is 13.0. The molecule has 1 aromatic heterocycles. The molecule has 104 valence electrons. The van der Waals surface area contributed by atoms with E-state index in [-0.39, 0.29) is 5.56 Å². The van der Waals surface area contributed by atoms with Gasteiger partial charge in [-0.2, -0.15) is 0 Å². The number of H-pyrrole nitrogens is 1. The van der Waals surface area contributed by atoms with Crippen LogP contribution in [0.4, 0.5) is 5.82 Å². The highest BCUT2D eigenvalue weighted by Crippen LogP contribution is 2.28. The molecule has 0 amide bonds. The Morgan fingerprint density at radius 2 is 2.26 bits per heavy atom. The number of nitrogens with zero attached hydrogens (tertiary/aromatic N) is 2. The third-order valence-corrected chi connectivity index (χ3v) is 5.18. The fraction of sp³-hybridized carbons (Fsp3) is 0.692. The lowest BCUT2D eigenvalue weighted by Gasteiger charge is -2.36. The molecule has 0 aliphatic carbocycles. The van der Waals surface area contributed by atoms with Gasteiger partial charge in [0.25, 0.3) is 5.56 Å². The van der Waals surface area contributed by atoms with Crippen molar-refractivity contribution < 1.29 is 0 Å². The smallest absolute Gasteiger partial charge is 0.266 e. The van der Waals surface area contributed by atoms with E-state index >= 15 is 0 Å². The van der Waals surface area contributed by atoms with Gasteiger partial charge in [0.2, 0.25) is 0 Å². The van der Waals surface area contributed by atoms with E-state index in [1.54, 1.807) is 0 Å². The molecular formula is C13H19IN4O. The second-order valence-corrected chi connectivity index (χ2v) is 6.50. The fourth-order valence-electron chi connectivity index (χ4n) is 3.24. The van der Waals surface area contributed by atoms with E-state index in [9.17, 15) is 4.79 Å². The highest BCUT2D eigenvalue weighted by Gasteiger charge is 2.30. The lowest BCUT2D eigenvalue weighted by Crippen LogP contribution is -2.44. The van der Waals surface area contributed by atoms with Crippen molar-refractivity contribution in [2.45, 2.75) is 31.7 Å². The Morgan fingerprint density at radius 3 is 3.05 bits per heavy atom. The second-order valence-electron chi connectivity index (χ2n) is 5.42. The van der Waals surface area contributed by atoms with Crippen LogP contribution in [0.1, 0.15) is 25.7 Å². The van der Waals surface area contributed by atoms with Crippen molar-refractivity contribution >= 4 is 28.4 Å². The molecule has 0 radical (unpaired) electrons. The number of halogens is 1. The summed E-state index contributed by atoms with van der Waals surface area (Å²) < 4.78 is 0.708. The quantitative estimate of drug-likeness (QED) is 0.768. The molecule has 2 N–H and O–H groups in total. The van der Waals surface area contributed by atoms with Gasteiger partial charge < -0.3 is 15.2 Å². The van der Waals surface area contributed by atoms with Gasteiger partial charge in [0, 0.05) is 19.1 Å². The first kappa shape index (κ1) is 13.4. The second kappa shape index (κ2) is 5.78. The normalized spacial score (nSPS) is 27.7. The molecule has 5 nitrogen and oxygen atoms in total. The van der Waals surface area contributed by atoms with Crippen LogP contribution >= 0.6 is 22.6 Å². The number of hydrogen-bond acceptors (Lipinski definition) is 4. The summed E-state index contributed by atoms with van der Waals surface area (Å²) in [6.07, 6.45) is 6.57. The molecule has 0 bridgehead atoms. The molecule has 2 aliphatic rings. The highest BCUT2D eigenvalue weighted by molar-refractivity contribution is 14.1. The van der Waals surface area contributed by atoms with Crippen LogP contribution in [0.2, 0.25) is 0 Å². The van der Waals surface area contributed by atoms with Crippen molar-refractivity contribution in [3.05, 3.63) is 20.3 Å². The summed E-state index contributed by atoms with van der Waals surface area (Å²) in [7, 11) is 0. The van der Waals surface area contributed by atoms with Crippen LogP contribution in [-0.2, 0) is 0 Å². The van der Waals surface area contributed by atoms with Gasteiger partial charge in [-0.15, -0.1) is 0 Å². The lowest BCUT2D eigenvalue weighted by atomic mass is 9.90. The first-order chi connectivity index (χ1) is 9.25. The van der Waals surface area contributed by atoms with Crippen LogP contribution in [-0.4, -0.2) is 35.6 Å². The summed E-state index contributed by atoms with van der Waals surface area (Å²) in [5.41, 5.74) is -0.0354. The maximum atomic E-state index is 11.7. The maximum Gasteiger partial charge on any atom is 0.266 e. The number of aromatic amines is 1. The van der Waals surface area contributed by atoms with E-state index in [0.29, 0.717) is 15.5 Å². The number of anilines is 1. The minimum atomic E-state index is -0.0354. The predicted octanol–water partition coefficient (Wildman–Crippen LogP) is 1.34. The zero-order chi connectivity index (χ0) is 13.2. The van der Waals surface area contributed by atoms with Gasteiger partial charge in [0.1, 0.15) is 9.39 Å². The van der Waals surface area contributed by atoms with E-state index in [4.69, 9.17) is 0 Å². The fourth-order valence-corrected chi connectivity index (χ4v) is 3.87. The molecule has 2 saturated heterocycles. The van der Waals surface area contributed by atoms with Crippen molar-refractivity contribution in [2.75, 3.05) is 24.5 Å². The van der Waals surface area contributed by atoms with Gasteiger partial charge in [-0.3, -0.25) is 4.79 Å². The average Bonchev–Trinajstić information content (AvgIpc) is 2.96. The first-order valence-corrected chi connectivity index (χ1v) is 8.05. The molecule has 6 heteroatoms. The van der Waals surface area contributed by atoms with Gasteiger partial charge in [-0.1, -0.05) is 0 Å². The third kappa shape index (κ3) is 2.79. The van der Waals surface area contributed by atoms with Crippen molar-refractivity contribution in [2.24, 2.45) is 5.92 Å². The molecule has 19 heavy (non-hydrogen) atoms. The topological polar surface area (TPSA) is 61.0 Å². The van der Waals surface area contributed by atoms with Gasteiger partial charge in [-0.25, -0.2) is 4.98 Å². The summed E-state index contributed by atoms with van der Waals surface area (Å²) in [5.74, 6) is 1.54. The minimum Gasteiger partial charge on any atom is -0.355 e.